The van der Waals surface area contributed by atoms with Crippen molar-refractivity contribution in [2.24, 2.45) is 0 Å². The Morgan fingerprint density at radius 3 is 2.86 bits per heavy atom. The summed E-state index contributed by atoms with van der Waals surface area (Å²) in [6, 6.07) is 0. The van der Waals surface area contributed by atoms with Crippen molar-refractivity contribution in [3.63, 3.8) is 0 Å². The number of hydrogen-bond donors (Lipinski definition) is 1. The second-order valence-corrected chi connectivity index (χ2v) is 3.16. The highest BCUT2D eigenvalue weighted by molar-refractivity contribution is 6.18. The minimum absolute atomic E-state index is 0.340. The van der Waals surface area contributed by atoms with Crippen molar-refractivity contribution in [1.82, 2.24) is 9.55 Å². The minimum atomic E-state index is -0.403. The van der Waals surface area contributed by atoms with Crippen LogP contribution in [0.3, 0.4) is 0 Å². The average molecular weight is 215 g/mol. The molecule has 0 saturated carbocycles. The highest BCUT2D eigenvalue weighted by Crippen LogP contribution is 1.86. The van der Waals surface area contributed by atoms with E-state index in [9.17, 15) is 9.59 Å². The molecule has 1 heterocycles. The van der Waals surface area contributed by atoms with Gasteiger partial charge >= 0.3 is 5.69 Å². The van der Waals surface area contributed by atoms with Crippen LogP contribution in [0.25, 0.3) is 0 Å². The van der Waals surface area contributed by atoms with Crippen LogP contribution in [-0.4, -0.2) is 15.4 Å². The van der Waals surface area contributed by atoms with E-state index in [1.807, 2.05) is 0 Å². The molecule has 0 aliphatic heterocycles. The largest absolute Gasteiger partial charge is 0.328 e. The molecule has 0 fully saturated rings. The summed E-state index contributed by atoms with van der Waals surface area (Å²) in [6.45, 7) is 2.07. The maximum absolute atomic E-state index is 11.2. The second kappa shape index (κ2) is 4.81. The summed E-state index contributed by atoms with van der Waals surface area (Å²) in [5.74, 6) is 0.414. The lowest BCUT2D eigenvalue weighted by Gasteiger charge is -2.01. The summed E-state index contributed by atoms with van der Waals surface area (Å²) in [4.78, 5) is 24.5. The first-order valence-electron chi connectivity index (χ1n) is 4.16. The summed E-state index contributed by atoms with van der Waals surface area (Å²) in [6.07, 6.45) is 5.04. The van der Waals surface area contributed by atoms with Gasteiger partial charge in [0.2, 0.25) is 0 Å². The Kier molecular flexibility index (Phi) is 3.71. The van der Waals surface area contributed by atoms with Gasteiger partial charge in [-0.05, 0) is 6.92 Å². The van der Waals surface area contributed by atoms with E-state index in [-0.39, 0.29) is 5.56 Å². The number of alkyl halides is 1. The number of allylic oxidation sites excluding steroid dienone is 2. The standard InChI is InChI=1S/C9H11ClN2O2/c1-7-6-12(5-3-2-4-10)9(14)11-8(7)13/h2-3,6H,4-5H2,1H3,(H,11,13,14)/b3-2-. The quantitative estimate of drug-likeness (QED) is 0.593. The predicted molar refractivity (Wildman–Crippen MR) is 55.9 cm³/mol. The molecule has 0 saturated heterocycles. The maximum atomic E-state index is 11.2. The molecule has 1 rings (SSSR count). The summed E-state index contributed by atoms with van der Waals surface area (Å²) in [5.41, 5.74) is -0.226. The van der Waals surface area contributed by atoms with Crippen molar-refractivity contribution in [2.45, 2.75) is 13.5 Å². The molecule has 5 heteroatoms. The second-order valence-electron chi connectivity index (χ2n) is 2.85. The SMILES string of the molecule is Cc1cn(C/C=C\CCl)c(=O)[nH]c1=O. The Morgan fingerprint density at radius 2 is 2.21 bits per heavy atom. The van der Waals surface area contributed by atoms with Crippen LogP contribution in [0, 0.1) is 6.92 Å². The van der Waals surface area contributed by atoms with Gasteiger partial charge in [-0.15, -0.1) is 11.6 Å². The van der Waals surface area contributed by atoms with Crippen molar-refractivity contribution in [3.05, 3.63) is 44.8 Å². The van der Waals surface area contributed by atoms with Crippen molar-refractivity contribution >= 4 is 11.6 Å². The van der Waals surface area contributed by atoms with Crippen molar-refractivity contribution in [3.8, 4) is 0 Å². The van der Waals surface area contributed by atoms with Crippen LogP contribution >= 0.6 is 11.6 Å². The highest BCUT2D eigenvalue weighted by Gasteiger charge is 1.97. The zero-order chi connectivity index (χ0) is 10.6. The Hall–Kier alpha value is -1.29. The zero-order valence-corrected chi connectivity index (χ0v) is 8.54. The third-order valence-electron chi connectivity index (χ3n) is 1.75. The molecule has 0 aromatic carbocycles. The van der Waals surface area contributed by atoms with Gasteiger partial charge in [-0.1, -0.05) is 12.2 Å². The van der Waals surface area contributed by atoms with Crippen LogP contribution in [0.2, 0.25) is 0 Å². The molecule has 1 aromatic heterocycles. The van der Waals surface area contributed by atoms with Crippen molar-refractivity contribution in [2.75, 3.05) is 5.88 Å². The lowest BCUT2D eigenvalue weighted by molar-refractivity contribution is 0.728. The first-order chi connectivity index (χ1) is 6.65. The molecule has 1 N–H and O–H groups in total. The number of aryl methyl sites for hydroxylation is 1. The molecule has 0 aliphatic carbocycles. The van der Waals surface area contributed by atoms with E-state index in [0.29, 0.717) is 18.0 Å². The molecule has 1 aromatic rings. The molecule has 0 radical (unpaired) electrons. The topological polar surface area (TPSA) is 54.9 Å². The van der Waals surface area contributed by atoms with Gasteiger partial charge in [-0.3, -0.25) is 14.3 Å². The number of halogens is 1. The Morgan fingerprint density at radius 1 is 1.50 bits per heavy atom. The van der Waals surface area contributed by atoms with E-state index in [4.69, 9.17) is 11.6 Å². The minimum Gasteiger partial charge on any atom is -0.297 e. The molecule has 0 bridgehead atoms. The fourth-order valence-corrected chi connectivity index (χ4v) is 1.13. The molecular weight excluding hydrogens is 204 g/mol. The van der Waals surface area contributed by atoms with E-state index in [0.717, 1.165) is 0 Å². The number of aromatic amines is 1. The molecule has 4 nitrogen and oxygen atoms in total. The fourth-order valence-electron chi connectivity index (χ4n) is 1.01. The third kappa shape index (κ3) is 2.60. The summed E-state index contributed by atoms with van der Waals surface area (Å²) >= 11 is 5.43. The number of nitrogens with one attached hydrogen (secondary N) is 1. The first-order valence-corrected chi connectivity index (χ1v) is 4.70. The molecule has 14 heavy (non-hydrogen) atoms. The van der Waals surface area contributed by atoms with Crippen LogP contribution in [0.4, 0.5) is 0 Å². The smallest absolute Gasteiger partial charge is 0.297 e. The van der Waals surface area contributed by atoms with Crippen LogP contribution in [0.15, 0.2) is 27.9 Å². The monoisotopic (exact) mass is 214 g/mol. The van der Waals surface area contributed by atoms with Crippen LogP contribution in [0.1, 0.15) is 5.56 Å². The predicted octanol–water partition coefficient (Wildman–Crippen LogP) is 0.640. The van der Waals surface area contributed by atoms with Crippen LogP contribution < -0.4 is 11.2 Å². The van der Waals surface area contributed by atoms with Gasteiger partial charge in [-0.2, -0.15) is 0 Å². The zero-order valence-electron chi connectivity index (χ0n) is 7.79. The Bertz CT molecular complexity index is 445. The normalized spacial score (nSPS) is 11.0. The van der Waals surface area contributed by atoms with Gasteiger partial charge < -0.3 is 0 Å². The molecule has 0 aliphatic rings. The third-order valence-corrected chi connectivity index (χ3v) is 1.93. The molecule has 0 unspecified atom stereocenters. The van der Waals surface area contributed by atoms with Crippen molar-refractivity contribution < 1.29 is 0 Å². The Balaban J connectivity index is 2.99. The van der Waals surface area contributed by atoms with Gasteiger partial charge in [0.25, 0.3) is 5.56 Å². The lowest BCUT2D eigenvalue weighted by atomic mass is 10.4. The first kappa shape index (κ1) is 10.8. The average Bonchev–Trinajstić information content (AvgIpc) is 2.14. The number of H-pyrrole nitrogens is 1. The van der Waals surface area contributed by atoms with Gasteiger partial charge in [0, 0.05) is 24.2 Å². The number of nitrogens with zero attached hydrogens (tertiary/aromatic N) is 1. The van der Waals surface area contributed by atoms with Crippen LogP contribution in [-0.2, 0) is 6.54 Å². The van der Waals surface area contributed by atoms with Gasteiger partial charge in [0.1, 0.15) is 0 Å². The number of rotatable bonds is 3. The van der Waals surface area contributed by atoms with Gasteiger partial charge in [-0.25, -0.2) is 4.79 Å². The van der Waals surface area contributed by atoms with E-state index < -0.39 is 5.69 Å². The summed E-state index contributed by atoms with van der Waals surface area (Å²) in [5, 5.41) is 0. The molecule has 76 valence electrons. The van der Waals surface area contributed by atoms with Crippen LogP contribution in [0.5, 0.6) is 0 Å². The molecular formula is C9H11ClN2O2. The fraction of sp³-hybridized carbons (Fsp3) is 0.333. The van der Waals surface area contributed by atoms with E-state index in [1.165, 1.54) is 10.8 Å². The molecule has 0 atom stereocenters. The van der Waals surface area contributed by atoms with E-state index in [2.05, 4.69) is 4.98 Å². The number of aromatic nitrogens is 2. The lowest BCUT2D eigenvalue weighted by Crippen LogP contribution is -2.30. The van der Waals surface area contributed by atoms with Gasteiger partial charge in [0.05, 0.1) is 0 Å². The summed E-state index contributed by atoms with van der Waals surface area (Å²) < 4.78 is 1.42. The molecule has 0 amide bonds. The highest BCUT2D eigenvalue weighted by atomic mass is 35.5. The van der Waals surface area contributed by atoms with E-state index >= 15 is 0 Å². The van der Waals surface area contributed by atoms with E-state index in [1.54, 1.807) is 19.1 Å². The molecule has 0 spiro atoms. The Labute approximate surface area is 85.8 Å². The van der Waals surface area contributed by atoms with Gasteiger partial charge in [0.15, 0.2) is 0 Å². The summed E-state index contributed by atoms with van der Waals surface area (Å²) in [7, 11) is 0. The van der Waals surface area contributed by atoms with Crippen molar-refractivity contribution in [1.29, 1.82) is 0 Å². The number of hydrogen-bond acceptors (Lipinski definition) is 2. The maximum Gasteiger partial charge on any atom is 0.328 e.